The maximum Gasteiger partial charge on any atom is 0.198 e. The van der Waals surface area contributed by atoms with E-state index < -0.39 is 46.2 Å². The Kier molecular flexibility index (Phi) is 4.61. The molecule has 0 radical (unpaired) electrons. The van der Waals surface area contributed by atoms with Crippen molar-refractivity contribution in [3.05, 3.63) is 57.6 Å². The van der Waals surface area contributed by atoms with Crippen molar-refractivity contribution in [3.8, 4) is 11.5 Å². The van der Waals surface area contributed by atoms with Crippen molar-refractivity contribution < 1.29 is 34.4 Å². The zero-order chi connectivity index (χ0) is 22.9. The summed E-state index contributed by atoms with van der Waals surface area (Å²) in [6.45, 7) is 6.55. The first-order valence-electron chi connectivity index (χ1n) is 10.1. The largest absolute Gasteiger partial charge is 0.507 e. The molecule has 3 N–H and O–H groups in total. The fourth-order valence-electron chi connectivity index (χ4n) is 4.48. The second kappa shape index (κ2) is 6.73. The normalized spacial score (nSPS) is 22.5. The van der Waals surface area contributed by atoms with Crippen LogP contribution >= 0.6 is 0 Å². The Balaban J connectivity index is 2.03. The summed E-state index contributed by atoms with van der Waals surface area (Å²) >= 11 is 0. The average Bonchev–Trinajstić information content (AvgIpc) is 2.67. The van der Waals surface area contributed by atoms with Crippen molar-refractivity contribution in [3.63, 3.8) is 0 Å². The Morgan fingerprint density at radius 1 is 1.03 bits per heavy atom. The van der Waals surface area contributed by atoms with Gasteiger partial charge in [-0.3, -0.25) is 14.4 Å². The molecule has 0 fully saturated rings. The Morgan fingerprint density at radius 3 is 2.03 bits per heavy atom. The van der Waals surface area contributed by atoms with Crippen molar-refractivity contribution in [2.75, 3.05) is 0 Å². The number of fused-ring (bicyclic) bond motifs is 3. The third-order valence-corrected chi connectivity index (χ3v) is 5.93. The lowest BCUT2D eigenvalue weighted by atomic mass is 9.72. The van der Waals surface area contributed by atoms with Crippen molar-refractivity contribution >= 4 is 17.3 Å². The summed E-state index contributed by atoms with van der Waals surface area (Å²) in [5.74, 6) is -2.69. The Hall–Kier alpha value is -3.03. The molecule has 7 nitrogen and oxygen atoms in total. The molecule has 4 rings (SSSR count). The quantitative estimate of drug-likeness (QED) is 0.541. The summed E-state index contributed by atoms with van der Waals surface area (Å²) in [4.78, 5) is 38.5. The number of phenols is 2. The molecule has 0 saturated carbocycles. The third-order valence-electron chi connectivity index (χ3n) is 5.93. The Bertz CT molecular complexity index is 1160. The molecule has 2 aromatic rings. The van der Waals surface area contributed by atoms with E-state index in [1.165, 1.54) is 19.1 Å². The number of ether oxygens (including phenoxy) is 1. The smallest absolute Gasteiger partial charge is 0.198 e. The molecule has 0 amide bonds. The fourth-order valence-corrected chi connectivity index (χ4v) is 4.48. The molecule has 2 aromatic carbocycles. The SMILES string of the molecule is CC(=O)C1(O)Cc2c(O)c3c(c(O)c2C(OC(C)(C)C)C1)C(=O)c1ccccc1C3=O. The second-order valence-corrected chi connectivity index (χ2v) is 9.23. The van der Waals surface area contributed by atoms with E-state index in [9.17, 15) is 29.7 Å². The summed E-state index contributed by atoms with van der Waals surface area (Å²) < 4.78 is 6.03. The molecule has 2 unspecified atom stereocenters. The number of hydrogen-bond donors (Lipinski definition) is 3. The molecule has 31 heavy (non-hydrogen) atoms. The van der Waals surface area contributed by atoms with Crippen LogP contribution in [0.25, 0.3) is 0 Å². The maximum absolute atomic E-state index is 13.2. The number of ketones is 3. The molecular weight excluding hydrogens is 400 g/mol. The number of rotatable bonds is 2. The van der Waals surface area contributed by atoms with Gasteiger partial charge in [-0.15, -0.1) is 0 Å². The number of Topliss-reactive ketones (excluding diaryl/α,β-unsaturated/α-hetero) is 1. The van der Waals surface area contributed by atoms with Crippen LogP contribution in [0.15, 0.2) is 24.3 Å². The van der Waals surface area contributed by atoms with E-state index >= 15 is 0 Å². The van der Waals surface area contributed by atoms with Crippen LogP contribution in [0, 0.1) is 0 Å². The van der Waals surface area contributed by atoms with E-state index in [4.69, 9.17) is 4.74 Å². The predicted molar refractivity (Wildman–Crippen MR) is 111 cm³/mol. The second-order valence-electron chi connectivity index (χ2n) is 9.23. The summed E-state index contributed by atoms with van der Waals surface area (Å²) in [5.41, 5.74) is -2.75. The van der Waals surface area contributed by atoms with Gasteiger partial charge in [0.25, 0.3) is 0 Å². The minimum atomic E-state index is -1.85. The first-order valence-corrected chi connectivity index (χ1v) is 10.1. The van der Waals surface area contributed by atoms with E-state index in [0.717, 1.165) is 0 Å². The van der Waals surface area contributed by atoms with Crippen LogP contribution in [-0.2, 0) is 16.0 Å². The Morgan fingerprint density at radius 2 is 1.55 bits per heavy atom. The van der Waals surface area contributed by atoms with Gasteiger partial charge < -0.3 is 20.1 Å². The molecule has 2 atom stereocenters. The van der Waals surface area contributed by atoms with E-state index in [-0.39, 0.29) is 46.2 Å². The molecule has 162 valence electrons. The van der Waals surface area contributed by atoms with Gasteiger partial charge in [-0.25, -0.2) is 0 Å². The van der Waals surface area contributed by atoms with Crippen LogP contribution in [0.5, 0.6) is 11.5 Å². The van der Waals surface area contributed by atoms with Gasteiger partial charge in [0, 0.05) is 35.1 Å². The van der Waals surface area contributed by atoms with E-state index in [1.807, 2.05) is 0 Å². The third kappa shape index (κ3) is 3.16. The summed E-state index contributed by atoms with van der Waals surface area (Å²) in [6, 6.07) is 6.19. The molecular formula is C24H24O7. The minimum absolute atomic E-state index is 0.0370. The topological polar surface area (TPSA) is 121 Å². The van der Waals surface area contributed by atoms with Crippen molar-refractivity contribution in [1.82, 2.24) is 0 Å². The van der Waals surface area contributed by atoms with Gasteiger partial charge in [0.1, 0.15) is 17.1 Å². The van der Waals surface area contributed by atoms with Gasteiger partial charge >= 0.3 is 0 Å². The van der Waals surface area contributed by atoms with Crippen LogP contribution < -0.4 is 0 Å². The Labute approximate surface area is 179 Å². The average molecular weight is 424 g/mol. The highest BCUT2D eigenvalue weighted by molar-refractivity contribution is 6.30. The van der Waals surface area contributed by atoms with Crippen molar-refractivity contribution in [2.24, 2.45) is 0 Å². The highest BCUT2D eigenvalue weighted by atomic mass is 16.5. The fraction of sp³-hybridized carbons (Fsp3) is 0.375. The van der Waals surface area contributed by atoms with Crippen molar-refractivity contribution in [2.45, 2.75) is 57.8 Å². The number of benzene rings is 2. The number of aliphatic hydroxyl groups is 1. The lowest BCUT2D eigenvalue weighted by Gasteiger charge is -2.40. The minimum Gasteiger partial charge on any atom is -0.507 e. The molecule has 0 bridgehead atoms. The van der Waals surface area contributed by atoms with Crippen LogP contribution in [0.3, 0.4) is 0 Å². The zero-order valence-corrected chi connectivity index (χ0v) is 17.8. The van der Waals surface area contributed by atoms with Gasteiger partial charge in [-0.05, 0) is 27.7 Å². The van der Waals surface area contributed by atoms with Crippen molar-refractivity contribution in [1.29, 1.82) is 0 Å². The molecule has 2 aliphatic carbocycles. The zero-order valence-electron chi connectivity index (χ0n) is 17.8. The highest BCUT2D eigenvalue weighted by Gasteiger charge is 2.48. The molecule has 0 heterocycles. The molecule has 7 heteroatoms. The monoisotopic (exact) mass is 424 g/mol. The molecule has 0 aromatic heterocycles. The lowest BCUT2D eigenvalue weighted by molar-refractivity contribution is -0.147. The number of carbonyl (C=O) groups is 3. The first-order chi connectivity index (χ1) is 14.4. The van der Waals surface area contributed by atoms with Gasteiger partial charge in [-0.1, -0.05) is 24.3 Å². The first kappa shape index (κ1) is 21.2. The lowest BCUT2D eigenvalue weighted by Crippen LogP contribution is -2.45. The number of hydrogen-bond acceptors (Lipinski definition) is 7. The maximum atomic E-state index is 13.2. The van der Waals surface area contributed by atoms with Crippen LogP contribution in [0.2, 0.25) is 0 Å². The van der Waals surface area contributed by atoms with Gasteiger partial charge in [0.2, 0.25) is 0 Å². The summed E-state index contributed by atoms with van der Waals surface area (Å²) in [5, 5.41) is 33.2. The number of carbonyl (C=O) groups excluding carboxylic acids is 3. The predicted octanol–water partition coefficient (Wildman–Crippen LogP) is 3.00. The summed E-state index contributed by atoms with van der Waals surface area (Å²) in [6.07, 6.45) is -1.44. The van der Waals surface area contributed by atoms with Gasteiger partial charge in [0.15, 0.2) is 17.3 Å². The standard InChI is InChI=1S/C24H24O7/c1-11(25)24(30)9-14-16(15(10-24)31-23(2,3)4)22(29)18-17(21(14)28)19(26)12-7-5-6-8-13(12)20(18)27/h5-8,15,28-30H,9-10H2,1-4H3. The highest BCUT2D eigenvalue weighted by Crippen LogP contribution is 2.52. The van der Waals surface area contributed by atoms with Crippen LogP contribution in [0.4, 0.5) is 0 Å². The molecule has 2 aliphatic rings. The van der Waals surface area contributed by atoms with Crippen LogP contribution in [0.1, 0.15) is 83.2 Å². The van der Waals surface area contributed by atoms with E-state index in [1.54, 1.807) is 32.9 Å². The molecule has 0 aliphatic heterocycles. The number of aromatic hydroxyl groups is 2. The van der Waals surface area contributed by atoms with Gasteiger partial charge in [-0.2, -0.15) is 0 Å². The summed E-state index contributed by atoms with van der Waals surface area (Å²) in [7, 11) is 0. The number of phenolic OH excluding ortho intramolecular Hbond substituents is 2. The molecule has 0 spiro atoms. The molecule has 0 saturated heterocycles. The van der Waals surface area contributed by atoms with Gasteiger partial charge in [0.05, 0.1) is 22.8 Å². The van der Waals surface area contributed by atoms with E-state index in [0.29, 0.717) is 0 Å². The van der Waals surface area contributed by atoms with Crippen LogP contribution in [-0.4, -0.2) is 43.9 Å². The van der Waals surface area contributed by atoms with E-state index in [2.05, 4.69) is 0 Å².